The van der Waals surface area contributed by atoms with Crippen LogP contribution in [-0.2, 0) is 0 Å². The van der Waals surface area contributed by atoms with Gasteiger partial charge in [-0.1, -0.05) is 12.1 Å². The molecule has 0 bridgehead atoms. The van der Waals surface area contributed by atoms with Crippen LogP contribution in [0.4, 0.5) is 0 Å². The van der Waals surface area contributed by atoms with Gasteiger partial charge in [-0.05, 0) is 24.3 Å². The van der Waals surface area contributed by atoms with E-state index in [0.29, 0.717) is 0 Å². The SMILES string of the molecule is O[C@@H]1CSc2ccccc2-n2cccc21. The molecule has 1 aliphatic rings. The molecule has 0 unspecified atom stereocenters. The summed E-state index contributed by atoms with van der Waals surface area (Å²) in [6.07, 6.45) is 1.63. The van der Waals surface area contributed by atoms with E-state index in [2.05, 4.69) is 16.7 Å². The van der Waals surface area contributed by atoms with Crippen LogP contribution in [0.1, 0.15) is 11.8 Å². The number of hydrogen-bond acceptors (Lipinski definition) is 2. The van der Waals surface area contributed by atoms with Crippen LogP contribution in [0.2, 0.25) is 0 Å². The molecular formula is C12H11NOS. The minimum Gasteiger partial charge on any atom is -0.386 e. The lowest BCUT2D eigenvalue weighted by molar-refractivity contribution is 0.198. The Hall–Kier alpha value is -1.19. The molecule has 15 heavy (non-hydrogen) atoms. The van der Waals surface area contributed by atoms with Gasteiger partial charge in [0, 0.05) is 16.8 Å². The fourth-order valence-electron chi connectivity index (χ4n) is 1.92. The van der Waals surface area contributed by atoms with Crippen molar-refractivity contribution in [2.75, 3.05) is 5.75 Å². The second-order valence-corrected chi connectivity index (χ2v) is 4.66. The second-order valence-electron chi connectivity index (χ2n) is 3.60. The highest BCUT2D eigenvalue weighted by molar-refractivity contribution is 7.99. The lowest BCUT2D eigenvalue weighted by atomic mass is 10.2. The Morgan fingerprint density at radius 3 is 3.00 bits per heavy atom. The first-order valence-electron chi connectivity index (χ1n) is 4.94. The van der Waals surface area contributed by atoms with Crippen molar-refractivity contribution in [3.63, 3.8) is 0 Å². The van der Waals surface area contributed by atoms with Crippen molar-refractivity contribution in [3.8, 4) is 5.69 Å². The van der Waals surface area contributed by atoms with Crippen molar-refractivity contribution in [1.29, 1.82) is 0 Å². The third-order valence-corrected chi connectivity index (χ3v) is 3.78. The lowest BCUT2D eigenvalue weighted by Crippen LogP contribution is -2.04. The van der Waals surface area contributed by atoms with Crippen LogP contribution in [0.5, 0.6) is 0 Å². The highest BCUT2D eigenvalue weighted by Crippen LogP contribution is 2.35. The van der Waals surface area contributed by atoms with E-state index in [1.165, 1.54) is 10.6 Å². The number of aliphatic hydroxyl groups excluding tert-OH is 1. The molecular weight excluding hydrogens is 206 g/mol. The molecule has 3 rings (SSSR count). The zero-order valence-corrected chi connectivity index (χ0v) is 8.95. The van der Waals surface area contributed by atoms with E-state index < -0.39 is 0 Å². The van der Waals surface area contributed by atoms with Gasteiger partial charge in [0.15, 0.2) is 0 Å². The predicted octanol–water partition coefficient (Wildman–Crippen LogP) is 2.62. The van der Waals surface area contributed by atoms with Gasteiger partial charge in [0.2, 0.25) is 0 Å². The molecule has 1 atom stereocenters. The first kappa shape index (κ1) is 9.07. The number of nitrogens with zero attached hydrogens (tertiary/aromatic N) is 1. The van der Waals surface area contributed by atoms with Gasteiger partial charge in [0.05, 0.1) is 11.4 Å². The average molecular weight is 217 g/mol. The molecule has 1 aliphatic heterocycles. The Kier molecular flexibility index (Phi) is 2.08. The number of fused-ring (bicyclic) bond motifs is 3. The number of aromatic nitrogens is 1. The Balaban J connectivity index is 2.26. The van der Waals surface area contributed by atoms with E-state index in [9.17, 15) is 5.11 Å². The van der Waals surface area contributed by atoms with Crippen molar-refractivity contribution in [2.24, 2.45) is 0 Å². The van der Waals surface area contributed by atoms with Gasteiger partial charge in [-0.15, -0.1) is 11.8 Å². The largest absolute Gasteiger partial charge is 0.386 e. The summed E-state index contributed by atoms with van der Waals surface area (Å²) in [6.45, 7) is 0. The van der Waals surface area contributed by atoms with E-state index in [1.54, 1.807) is 11.8 Å². The highest BCUT2D eigenvalue weighted by Gasteiger charge is 2.19. The molecule has 76 valence electrons. The summed E-state index contributed by atoms with van der Waals surface area (Å²) in [5, 5.41) is 9.96. The molecule has 0 saturated carbocycles. The molecule has 1 N–H and O–H groups in total. The van der Waals surface area contributed by atoms with E-state index in [-0.39, 0.29) is 6.10 Å². The van der Waals surface area contributed by atoms with Crippen LogP contribution in [0.25, 0.3) is 5.69 Å². The maximum atomic E-state index is 9.96. The molecule has 2 aromatic rings. The molecule has 3 heteroatoms. The predicted molar refractivity (Wildman–Crippen MR) is 61.5 cm³/mol. The minimum atomic E-state index is -0.377. The summed E-state index contributed by atoms with van der Waals surface area (Å²) in [5.41, 5.74) is 2.14. The Morgan fingerprint density at radius 1 is 1.20 bits per heavy atom. The zero-order valence-electron chi connectivity index (χ0n) is 8.13. The minimum absolute atomic E-state index is 0.377. The zero-order chi connectivity index (χ0) is 10.3. The van der Waals surface area contributed by atoms with Crippen molar-refractivity contribution < 1.29 is 5.11 Å². The van der Waals surface area contributed by atoms with Gasteiger partial charge in [-0.3, -0.25) is 0 Å². The van der Waals surface area contributed by atoms with Crippen molar-refractivity contribution in [1.82, 2.24) is 4.57 Å². The van der Waals surface area contributed by atoms with Crippen LogP contribution >= 0.6 is 11.8 Å². The fraction of sp³-hybridized carbons (Fsp3) is 0.167. The van der Waals surface area contributed by atoms with E-state index in [0.717, 1.165) is 11.4 Å². The molecule has 0 aliphatic carbocycles. The summed E-state index contributed by atoms with van der Waals surface area (Å²) < 4.78 is 2.07. The number of para-hydroxylation sites is 1. The number of thioether (sulfide) groups is 1. The van der Waals surface area contributed by atoms with E-state index in [1.807, 2.05) is 30.5 Å². The van der Waals surface area contributed by atoms with Crippen molar-refractivity contribution in [3.05, 3.63) is 48.3 Å². The van der Waals surface area contributed by atoms with Crippen LogP contribution < -0.4 is 0 Å². The normalized spacial score (nSPS) is 19.1. The lowest BCUT2D eigenvalue weighted by Gasteiger charge is -2.09. The molecule has 2 nitrogen and oxygen atoms in total. The molecule has 0 radical (unpaired) electrons. The number of aliphatic hydroxyl groups is 1. The Bertz CT molecular complexity index is 492. The topological polar surface area (TPSA) is 25.2 Å². The van der Waals surface area contributed by atoms with Crippen molar-refractivity contribution in [2.45, 2.75) is 11.0 Å². The van der Waals surface area contributed by atoms with Gasteiger partial charge in [0.1, 0.15) is 6.10 Å². The first-order valence-corrected chi connectivity index (χ1v) is 5.92. The summed E-state index contributed by atoms with van der Waals surface area (Å²) in [5.74, 6) is 0.723. The maximum Gasteiger partial charge on any atom is 0.104 e. The monoisotopic (exact) mass is 217 g/mol. The second kappa shape index (κ2) is 3.43. The Morgan fingerprint density at radius 2 is 2.07 bits per heavy atom. The summed E-state index contributed by atoms with van der Waals surface area (Å²) in [4.78, 5) is 1.23. The molecule has 0 saturated heterocycles. The third-order valence-electron chi connectivity index (χ3n) is 2.64. The van der Waals surface area contributed by atoms with Gasteiger partial charge >= 0.3 is 0 Å². The molecule has 1 aromatic carbocycles. The van der Waals surface area contributed by atoms with E-state index >= 15 is 0 Å². The van der Waals surface area contributed by atoms with Gasteiger partial charge in [0.25, 0.3) is 0 Å². The maximum absolute atomic E-state index is 9.96. The Labute approximate surface area is 92.5 Å². The highest BCUT2D eigenvalue weighted by atomic mass is 32.2. The first-order chi connectivity index (χ1) is 7.36. The van der Waals surface area contributed by atoms with Crippen LogP contribution in [-0.4, -0.2) is 15.4 Å². The molecule has 1 aromatic heterocycles. The standard InChI is InChI=1S/C12H11NOS/c14-11-8-15-12-6-2-1-4-10(12)13-7-3-5-9(11)13/h1-7,11,14H,8H2/t11-/m1/s1. The summed E-state index contributed by atoms with van der Waals surface area (Å²) >= 11 is 1.71. The van der Waals surface area contributed by atoms with Gasteiger partial charge in [-0.2, -0.15) is 0 Å². The quantitative estimate of drug-likeness (QED) is 0.733. The molecule has 0 amide bonds. The molecule has 0 fully saturated rings. The van der Waals surface area contributed by atoms with Gasteiger partial charge in [-0.25, -0.2) is 0 Å². The average Bonchev–Trinajstić information content (AvgIpc) is 2.71. The van der Waals surface area contributed by atoms with Crippen LogP contribution in [0.15, 0.2) is 47.5 Å². The number of benzene rings is 1. The third kappa shape index (κ3) is 1.39. The smallest absolute Gasteiger partial charge is 0.104 e. The summed E-state index contributed by atoms with van der Waals surface area (Å²) in [6, 6.07) is 12.2. The van der Waals surface area contributed by atoms with Crippen LogP contribution in [0.3, 0.4) is 0 Å². The van der Waals surface area contributed by atoms with E-state index in [4.69, 9.17) is 0 Å². The molecule has 0 spiro atoms. The fourth-order valence-corrected chi connectivity index (χ4v) is 2.91. The van der Waals surface area contributed by atoms with Crippen LogP contribution in [0, 0.1) is 0 Å². The van der Waals surface area contributed by atoms with Gasteiger partial charge < -0.3 is 9.67 Å². The number of rotatable bonds is 0. The molecule has 2 heterocycles. The van der Waals surface area contributed by atoms with Crippen molar-refractivity contribution >= 4 is 11.8 Å². The number of hydrogen-bond donors (Lipinski definition) is 1. The summed E-state index contributed by atoms with van der Waals surface area (Å²) in [7, 11) is 0.